The fourth-order valence-corrected chi connectivity index (χ4v) is 7.55. The number of fused-ring (bicyclic) bond motifs is 1. The van der Waals surface area contributed by atoms with Crippen LogP contribution in [0.5, 0.6) is 0 Å². The number of carbonyl (C=O) groups is 3. The van der Waals surface area contributed by atoms with Crippen LogP contribution in [0.15, 0.2) is 42.7 Å². The monoisotopic (exact) mass is 574 g/mol. The fraction of sp³-hybridized carbons (Fsp3) is 0.645. The summed E-state index contributed by atoms with van der Waals surface area (Å²) in [4.78, 5) is 37.6. The molecule has 3 aliphatic rings. The molecule has 1 aliphatic heterocycles. The van der Waals surface area contributed by atoms with E-state index in [1.807, 2.05) is 44.2 Å². The van der Waals surface area contributed by atoms with Gasteiger partial charge < -0.3 is 33.5 Å². The molecular weight excluding hydrogens is 532 g/mol. The first-order chi connectivity index (χ1) is 19.1. The predicted molar refractivity (Wildman–Crippen MR) is 146 cm³/mol. The molecule has 2 bridgehead atoms. The molecule has 2 saturated carbocycles. The lowest BCUT2D eigenvalue weighted by Crippen LogP contribution is -2.83. The molecule has 0 radical (unpaired) electrons. The van der Waals surface area contributed by atoms with Gasteiger partial charge >= 0.3 is 17.9 Å². The van der Waals surface area contributed by atoms with Crippen LogP contribution in [0, 0.1) is 11.3 Å². The Bertz CT molecular complexity index is 1180. The van der Waals surface area contributed by atoms with Crippen molar-refractivity contribution in [2.24, 2.45) is 11.3 Å². The molecule has 2 aliphatic carbocycles. The maximum atomic E-state index is 12.7. The summed E-state index contributed by atoms with van der Waals surface area (Å²) < 4.78 is 37.8. The van der Waals surface area contributed by atoms with Crippen molar-refractivity contribution in [2.75, 3.05) is 6.61 Å². The van der Waals surface area contributed by atoms with Crippen LogP contribution in [-0.2, 0) is 49.4 Å². The minimum atomic E-state index is -1.65. The molecule has 1 heterocycles. The number of benzene rings is 1. The Morgan fingerprint density at radius 1 is 0.951 bits per heavy atom. The van der Waals surface area contributed by atoms with Gasteiger partial charge in [-0.3, -0.25) is 14.4 Å². The van der Waals surface area contributed by atoms with Crippen LogP contribution in [0.1, 0.15) is 66.9 Å². The zero-order valence-electron chi connectivity index (χ0n) is 24.9. The molecule has 0 aromatic heterocycles. The van der Waals surface area contributed by atoms with Gasteiger partial charge in [0.1, 0.15) is 42.0 Å². The average molecular weight is 575 g/mol. The number of esters is 3. The minimum Gasteiger partial charge on any atom is -0.492 e. The van der Waals surface area contributed by atoms with Crippen LogP contribution in [-0.4, -0.2) is 70.8 Å². The van der Waals surface area contributed by atoms with Crippen LogP contribution in [0.25, 0.3) is 0 Å². The van der Waals surface area contributed by atoms with Crippen LogP contribution in [0.2, 0.25) is 0 Å². The Balaban J connectivity index is 2.06. The van der Waals surface area contributed by atoms with Gasteiger partial charge in [0.2, 0.25) is 0 Å². The van der Waals surface area contributed by atoms with Crippen LogP contribution in [0.4, 0.5) is 0 Å². The van der Waals surface area contributed by atoms with E-state index >= 15 is 0 Å². The average Bonchev–Trinajstić information content (AvgIpc) is 3.05. The Morgan fingerprint density at radius 3 is 2.15 bits per heavy atom. The summed E-state index contributed by atoms with van der Waals surface area (Å²) in [5.41, 5.74) is -5.03. The summed E-state index contributed by atoms with van der Waals surface area (Å²) in [7, 11) is 0. The molecule has 1 aromatic carbocycles. The van der Waals surface area contributed by atoms with Gasteiger partial charge in [0.15, 0.2) is 0 Å². The van der Waals surface area contributed by atoms with Crippen LogP contribution < -0.4 is 0 Å². The highest BCUT2D eigenvalue weighted by Crippen LogP contribution is 2.69. The first kappa shape index (κ1) is 31.0. The molecule has 3 fully saturated rings. The third-order valence-electron chi connectivity index (χ3n) is 8.80. The molecule has 41 heavy (non-hydrogen) atoms. The third-order valence-corrected chi connectivity index (χ3v) is 8.80. The van der Waals surface area contributed by atoms with Gasteiger partial charge in [0.25, 0.3) is 0 Å². The third kappa shape index (κ3) is 5.15. The molecule has 8 unspecified atom stereocenters. The van der Waals surface area contributed by atoms with Gasteiger partial charge in [-0.05, 0) is 46.1 Å². The second kappa shape index (κ2) is 11.0. The molecule has 8 atom stereocenters. The lowest BCUT2D eigenvalue weighted by Gasteiger charge is -2.66. The second-order valence-electron chi connectivity index (χ2n) is 12.2. The molecule has 1 spiro atoms. The number of ether oxygens (including phenoxy) is 6. The molecule has 226 valence electrons. The largest absolute Gasteiger partial charge is 0.492 e. The molecule has 10 heteroatoms. The minimum absolute atomic E-state index is 0.0925. The van der Waals surface area contributed by atoms with Crippen molar-refractivity contribution in [3.8, 4) is 0 Å². The summed E-state index contributed by atoms with van der Waals surface area (Å²) in [5, 5.41) is 12.3. The molecule has 1 N–H and O–H groups in total. The SMILES string of the molecule is C=C(C)OC1C2C(OC(C)=O)C(OCc3ccccc3)C3(COC(C)=O)C(OC(C)=O)CCC(C)(O)C13OC2(C)C. The normalized spacial score (nSPS) is 36.9. The van der Waals surface area contributed by atoms with E-state index in [1.165, 1.54) is 20.8 Å². The zero-order chi connectivity index (χ0) is 30.4. The van der Waals surface area contributed by atoms with Crippen molar-refractivity contribution in [3.05, 3.63) is 48.2 Å². The number of hydrogen-bond acceptors (Lipinski definition) is 10. The molecular formula is C31H42O10. The Hall–Kier alpha value is -2.95. The van der Waals surface area contributed by atoms with E-state index in [0.29, 0.717) is 5.76 Å². The quantitative estimate of drug-likeness (QED) is 0.265. The van der Waals surface area contributed by atoms with Crippen molar-refractivity contribution >= 4 is 17.9 Å². The Labute approximate surface area is 241 Å². The van der Waals surface area contributed by atoms with Gasteiger partial charge in [-0.15, -0.1) is 0 Å². The number of aliphatic hydroxyl groups is 1. The van der Waals surface area contributed by atoms with Crippen LogP contribution >= 0.6 is 0 Å². The van der Waals surface area contributed by atoms with Gasteiger partial charge in [-0.2, -0.15) is 0 Å². The fourth-order valence-electron chi connectivity index (χ4n) is 7.55. The first-order valence-electron chi connectivity index (χ1n) is 14.0. The van der Waals surface area contributed by atoms with E-state index in [0.717, 1.165) is 5.56 Å². The maximum Gasteiger partial charge on any atom is 0.303 e. The lowest BCUT2D eigenvalue weighted by molar-refractivity contribution is -0.356. The summed E-state index contributed by atoms with van der Waals surface area (Å²) >= 11 is 0. The van der Waals surface area contributed by atoms with Gasteiger partial charge in [-0.25, -0.2) is 0 Å². The topological polar surface area (TPSA) is 127 Å². The Morgan fingerprint density at radius 2 is 1.59 bits per heavy atom. The zero-order valence-corrected chi connectivity index (χ0v) is 24.9. The summed E-state index contributed by atoms with van der Waals surface area (Å²) in [6.45, 7) is 14.5. The predicted octanol–water partition coefficient (Wildman–Crippen LogP) is 3.63. The number of carbonyl (C=O) groups excluding carboxylic acids is 3. The van der Waals surface area contributed by atoms with E-state index in [2.05, 4.69) is 6.58 Å². The number of hydrogen-bond donors (Lipinski definition) is 1. The number of allylic oxidation sites excluding steroid dienone is 1. The van der Waals surface area contributed by atoms with E-state index in [-0.39, 0.29) is 26.1 Å². The smallest absolute Gasteiger partial charge is 0.303 e. The van der Waals surface area contributed by atoms with Crippen LogP contribution in [0.3, 0.4) is 0 Å². The van der Waals surface area contributed by atoms with E-state index in [1.54, 1.807) is 13.8 Å². The molecule has 4 rings (SSSR count). The molecule has 1 aromatic rings. The van der Waals surface area contributed by atoms with Crippen molar-refractivity contribution < 1.29 is 47.9 Å². The summed E-state index contributed by atoms with van der Waals surface area (Å²) in [5.74, 6) is -2.04. The van der Waals surface area contributed by atoms with Crippen molar-refractivity contribution in [1.82, 2.24) is 0 Å². The standard InChI is InChI=1S/C31H42O10/c1-18(2)38-26-24-25(40-21(5)34)27(36-16-22-12-10-9-11-13-22)30(17-37-19(3)32)23(39-20(4)33)14-15-29(8,35)31(26,30)41-28(24,6)7/h9-13,23-27,35H,1,14-17H2,2-8H3. The molecule has 10 nitrogen and oxygen atoms in total. The highest BCUT2D eigenvalue weighted by molar-refractivity contribution is 5.67. The number of rotatable bonds is 9. The highest BCUT2D eigenvalue weighted by atomic mass is 16.6. The summed E-state index contributed by atoms with van der Waals surface area (Å²) in [6.07, 6.45) is -3.60. The summed E-state index contributed by atoms with van der Waals surface area (Å²) in [6, 6.07) is 9.41. The Kier molecular flexibility index (Phi) is 8.34. The van der Waals surface area contributed by atoms with Gasteiger partial charge in [-0.1, -0.05) is 36.9 Å². The van der Waals surface area contributed by atoms with E-state index in [4.69, 9.17) is 28.4 Å². The van der Waals surface area contributed by atoms with Crippen molar-refractivity contribution in [3.63, 3.8) is 0 Å². The maximum absolute atomic E-state index is 12.7. The van der Waals surface area contributed by atoms with E-state index < -0.39 is 70.5 Å². The van der Waals surface area contributed by atoms with Crippen molar-refractivity contribution in [1.29, 1.82) is 0 Å². The van der Waals surface area contributed by atoms with Crippen molar-refractivity contribution in [2.45, 2.75) is 109 Å². The first-order valence-corrected chi connectivity index (χ1v) is 14.0. The second-order valence-corrected chi connectivity index (χ2v) is 12.2. The highest BCUT2D eigenvalue weighted by Gasteiger charge is 2.86. The lowest BCUT2D eigenvalue weighted by atomic mass is 9.46. The molecule has 1 saturated heterocycles. The van der Waals surface area contributed by atoms with Gasteiger partial charge in [0, 0.05) is 20.8 Å². The van der Waals surface area contributed by atoms with Gasteiger partial charge in [0.05, 0.1) is 29.5 Å². The van der Waals surface area contributed by atoms with E-state index in [9.17, 15) is 19.5 Å². The molecule has 0 amide bonds.